The van der Waals surface area contributed by atoms with Crippen LogP contribution in [0.25, 0.3) is 21.3 Å². The van der Waals surface area contributed by atoms with Gasteiger partial charge in [0, 0.05) is 0 Å². The second kappa shape index (κ2) is 9.29. The average Bonchev–Trinajstić information content (AvgIpc) is 3.21. The van der Waals surface area contributed by atoms with Crippen molar-refractivity contribution in [3.05, 3.63) is 83.4 Å². The van der Waals surface area contributed by atoms with Gasteiger partial charge in [-0.05, 0) is 54.8 Å². The van der Waals surface area contributed by atoms with E-state index < -0.39 is 0 Å². The maximum absolute atomic E-state index is 12.0. The molecule has 1 N–H and O–H groups in total. The first-order valence-corrected chi connectivity index (χ1v) is 11.0. The topological polar surface area (TPSA) is 62.7 Å². The van der Waals surface area contributed by atoms with E-state index in [4.69, 9.17) is 4.74 Å². The standard InChI is InChI=1S/C25H24N2O3S/c1-17(2)27(29)25(28)15-18-7-9-19(10-8-18)20-11-13-21(14-12-20)30-16-24-26-22-5-3-4-6-23(22)31-24/h3-14,17,29H,15-16H2,1-2H3. The zero-order valence-electron chi connectivity index (χ0n) is 17.5. The molecule has 1 heterocycles. The van der Waals surface area contributed by atoms with Gasteiger partial charge >= 0.3 is 0 Å². The van der Waals surface area contributed by atoms with Gasteiger partial charge in [-0.3, -0.25) is 10.0 Å². The summed E-state index contributed by atoms with van der Waals surface area (Å²) in [4.78, 5) is 16.6. The average molecular weight is 433 g/mol. The molecule has 31 heavy (non-hydrogen) atoms. The van der Waals surface area contributed by atoms with Crippen LogP contribution in [0.15, 0.2) is 72.8 Å². The number of aromatic nitrogens is 1. The lowest BCUT2D eigenvalue weighted by atomic mass is 10.0. The van der Waals surface area contributed by atoms with Gasteiger partial charge in [0.2, 0.25) is 0 Å². The summed E-state index contributed by atoms with van der Waals surface area (Å²) < 4.78 is 7.06. The SMILES string of the molecule is CC(C)N(O)C(=O)Cc1ccc(-c2ccc(OCc3nc4ccccc4s3)cc2)cc1. The van der Waals surface area contributed by atoms with Gasteiger partial charge in [0.25, 0.3) is 5.91 Å². The Balaban J connectivity index is 1.36. The van der Waals surface area contributed by atoms with Crippen molar-refractivity contribution in [3.8, 4) is 16.9 Å². The van der Waals surface area contributed by atoms with Crippen LogP contribution < -0.4 is 4.74 Å². The molecule has 4 rings (SSSR count). The number of benzene rings is 3. The van der Waals surface area contributed by atoms with E-state index in [1.807, 2.05) is 66.7 Å². The van der Waals surface area contributed by atoms with E-state index in [2.05, 4.69) is 11.1 Å². The highest BCUT2D eigenvalue weighted by atomic mass is 32.1. The fourth-order valence-corrected chi connectivity index (χ4v) is 4.11. The number of fused-ring (bicyclic) bond motifs is 1. The van der Waals surface area contributed by atoms with E-state index in [0.717, 1.165) is 42.7 Å². The second-order valence-electron chi connectivity index (χ2n) is 7.59. The molecular formula is C25H24N2O3S. The van der Waals surface area contributed by atoms with E-state index >= 15 is 0 Å². The molecule has 4 aromatic rings. The minimum absolute atomic E-state index is 0.174. The Morgan fingerprint density at radius 2 is 1.65 bits per heavy atom. The summed E-state index contributed by atoms with van der Waals surface area (Å²) >= 11 is 1.65. The van der Waals surface area contributed by atoms with Gasteiger partial charge in [0.1, 0.15) is 17.4 Å². The van der Waals surface area contributed by atoms with Crippen LogP contribution in [0.2, 0.25) is 0 Å². The summed E-state index contributed by atoms with van der Waals surface area (Å²) in [6.07, 6.45) is 0.174. The lowest BCUT2D eigenvalue weighted by Gasteiger charge is -2.18. The van der Waals surface area contributed by atoms with Gasteiger partial charge in [-0.15, -0.1) is 11.3 Å². The molecule has 0 bridgehead atoms. The highest BCUT2D eigenvalue weighted by Gasteiger charge is 2.14. The number of carbonyl (C=O) groups is 1. The normalized spacial score (nSPS) is 11.1. The van der Waals surface area contributed by atoms with Crippen LogP contribution in [0.3, 0.4) is 0 Å². The predicted molar refractivity (Wildman–Crippen MR) is 123 cm³/mol. The molecule has 6 heteroatoms. The van der Waals surface area contributed by atoms with Gasteiger partial charge in [-0.1, -0.05) is 48.5 Å². The van der Waals surface area contributed by atoms with E-state index in [9.17, 15) is 10.0 Å². The van der Waals surface area contributed by atoms with E-state index in [1.165, 1.54) is 0 Å². The van der Waals surface area contributed by atoms with E-state index in [0.29, 0.717) is 6.61 Å². The van der Waals surface area contributed by atoms with Gasteiger partial charge in [0.15, 0.2) is 0 Å². The fraction of sp³-hybridized carbons (Fsp3) is 0.200. The summed E-state index contributed by atoms with van der Waals surface area (Å²) in [5.41, 5.74) is 3.99. The summed E-state index contributed by atoms with van der Waals surface area (Å²) in [7, 11) is 0. The molecule has 0 saturated carbocycles. The molecule has 0 radical (unpaired) electrons. The number of hydroxylamine groups is 2. The third-order valence-electron chi connectivity index (χ3n) is 4.94. The monoisotopic (exact) mass is 432 g/mol. The predicted octanol–water partition coefficient (Wildman–Crippen LogP) is 5.71. The lowest BCUT2D eigenvalue weighted by Crippen LogP contribution is -2.34. The molecule has 5 nitrogen and oxygen atoms in total. The number of carbonyl (C=O) groups excluding carboxylic acids is 1. The molecule has 1 amide bonds. The molecule has 0 spiro atoms. The number of para-hydroxylation sites is 1. The molecule has 0 fully saturated rings. The molecule has 0 aliphatic carbocycles. The first-order chi connectivity index (χ1) is 15.0. The van der Waals surface area contributed by atoms with Gasteiger partial charge in [0.05, 0.1) is 22.7 Å². The lowest BCUT2D eigenvalue weighted by molar-refractivity contribution is -0.171. The van der Waals surface area contributed by atoms with Gasteiger partial charge < -0.3 is 4.74 Å². The molecule has 0 saturated heterocycles. The maximum atomic E-state index is 12.0. The highest BCUT2D eigenvalue weighted by molar-refractivity contribution is 7.18. The maximum Gasteiger partial charge on any atom is 0.250 e. The Labute approximate surface area is 185 Å². The molecular weight excluding hydrogens is 408 g/mol. The molecule has 3 aromatic carbocycles. The van der Waals surface area contributed by atoms with Crippen molar-refractivity contribution in [3.63, 3.8) is 0 Å². The zero-order chi connectivity index (χ0) is 21.8. The summed E-state index contributed by atoms with van der Waals surface area (Å²) in [6, 6.07) is 23.6. The minimum atomic E-state index is -0.308. The summed E-state index contributed by atoms with van der Waals surface area (Å²) in [5.74, 6) is 0.485. The molecule has 0 atom stereocenters. The van der Waals surface area contributed by atoms with Crippen LogP contribution in [0.5, 0.6) is 5.75 Å². The number of thiazole rings is 1. The Morgan fingerprint density at radius 3 is 2.29 bits per heavy atom. The van der Waals surface area contributed by atoms with Crippen molar-refractivity contribution in [1.82, 2.24) is 10.0 Å². The van der Waals surface area contributed by atoms with Crippen LogP contribution in [0.4, 0.5) is 0 Å². The molecule has 158 valence electrons. The molecule has 0 unspecified atom stereocenters. The number of hydrogen-bond donors (Lipinski definition) is 1. The van der Waals surface area contributed by atoms with Crippen molar-refractivity contribution < 1.29 is 14.7 Å². The highest BCUT2D eigenvalue weighted by Crippen LogP contribution is 2.25. The van der Waals surface area contributed by atoms with Crippen molar-refractivity contribution in [1.29, 1.82) is 0 Å². The van der Waals surface area contributed by atoms with Crippen LogP contribution in [-0.4, -0.2) is 27.2 Å². The smallest absolute Gasteiger partial charge is 0.250 e. The number of rotatable bonds is 7. The molecule has 0 aliphatic rings. The second-order valence-corrected chi connectivity index (χ2v) is 8.71. The molecule has 1 aromatic heterocycles. The Morgan fingerprint density at radius 1 is 1.00 bits per heavy atom. The van der Waals surface area contributed by atoms with Crippen molar-refractivity contribution in [2.24, 2.45) is 0 Å². The third kappa shape index (κ3) is 5.10. The van der Waals surface area contributed by atoms with Gasteiger partial charge in [-0.25, -0.2) is 10.0 Å². The van der Waals surface area contributed by atoms with Crippen molar-refractivity contribution in [2.45, 2.75) is 32.9 Å². The number of ether oxygens (including phenoxy) is 1. The molecule has 0 aliphatic heterocycles. The van der Waals surface area contributed by atoms with Crippen molar-refractivity contribution >= 4 is 27.5 Å². The third-order valence-corrected chi connectivity index (χ3v) is 5.95. The minimum Gasteiger partial charge on any atom is -0.486 e. The van der Waals surface area contributed by atoms with Gasteiger partial charge in [-0.2, -0.15) is 0 Å². The largest absolute Gasteiger partial charge is 0.486 e. The number of nitrogens with zero attached hydrogens (tertiary/aromatic N) is 2. The Hall–Kier alpha value is -3.22. The van der Waals surface area contributed by atoms with E-state index in [1.54, 1.807) is 25.2 Å². The van der Waals surface area contributed by atoms with Crippen LogP contribution >= 0.6 is 11.3 Å². The summed E-state index contributed by atoms with van der Waals surface area (Å²) in [5, 5.41) is 11.5. The van der Waals surface area contributed by atoms with Crippen LogP contribution in [0.1, 0.15) is 24.4 Å². The first kappa shape index (κ1) is 21.0. The fourth-order valence-electron chi connectivity index (χ4n) is 3.23. The van der Waals surface area contributed by atoms with Crippen LogP contribution in [-0.2, 0) is 17.8 Å². The van der Waals surface area contributed by atoms with Crippen molar-refractivity contribution in [2.75, 3.05) is 0 Å². The Kier molecular flexibility index (Phi) is 6.30. The first-order valence-electron chi connectivity index (χ1n) is 10.2. The summed E-state index contributed by atoms with van der Waals surface area (Å²) in [6.45, 7) is 3.99. The zero-order valence-corrected chi connectivity index (χ0v) is 18.3. The number of amides is 1. The number of hydrogen-bond acceptors (Lipinski definition) is 5. The van der Waals surface area contributed by atoms with Crippen LogP contribution in [0, 0.1) is 0 Å². The quantitative estimate of drug-likeness (QED) is 0.300. The Bertz CT molecular complexity index is 1130. The van der Waals surface area contributed by atoms with E-state index in [-0.39, 0.29) is 18.4 Å².